The van der Waals surface area contributed by atoms with E-state index in [1.165, 1.54) is 11.1 Å². The molecule has 0 aliphatic carbocycles. The highest BCUT2D eigenvalue weighted by Gasteiger charge is 2.18. The van der Waals surface area contributed by atoms with Crippen LogP contribution in [0.25, 0.3) is 17.1 Å². The third kappa shape index (κ3) is 4.57. The molecule has 0 saturated carbocycles. The molecule has 0 amide bonds. The minimum absolute atomic E-state index is 0.642. The Morgan fingerprint density at radius 2 is 1.50 bits per heavy atom. The van der Waals surface area contributed by atoms with Crippen LogP contribution >= 0.6 is 11.8 Å². The maximum absolute atomic E-state index is 5.49. The van der Waals surface area contributed by atoms with Gasteiger partial charge in [-0.15, -0.1) is 10.2 Å². The van der Waals surface area contributed by atoms with Crippen molar-refractivity contribution in [2.24, 2.45) is 0 Å². The number of hydrogen-bond acceptors (Lipinski definition) is 6. The van der Waals surface area contributed by atoms with Crippen molar-refractivity contribution in [3.63, 3.8) is 0 Å². The Morgan fingerprint density at radius 3 is 2.16 bits per heavy atom. The van der Waals surface area contributed by atoms with Crippen molar-refractivity contribution < 1.29 is 14.2 Å². The number of nitrogens with zero attached hydrogens (tertiary/aromatic N) is 3. The lowest BCUT2D eigenvalue weighted by atomic mass is 10.2. The first kappa shape index (κ1) is 21.8. The monoisotopic (exact) mass is 447 g/mol. The van der Waals surface area contributed by atoms with E-state index in [4.69, 9.17) is 14.2 Å². The summed E-state index contributed by atoms with van der Waals surface area (Å²) in [5.74, 6) is 3.62. The second kappa shape index (κ2) is 9.78. The summed E-state index contributed by atoms with van der Waals surface area (Å²) in [4.78, 5) is 0. The summed E-state index contributed by atoms with van der Waals surface area (Å²) in [6.07, 6.45) is 0. The fourth-order valence-electron chi connectivity index (χ4n) is 3.32. The molecule has 7 heteroatoms. The summed E-state index contributed by atoms with van der Waals surface area (Å²) in [5.41, 5.74) is 4.31. The van der Waals surface area contributed by atoms with Crippen LogP contribution in [0, 0.1) is 6.92 Å². The van der Waals surface area contributed by atoms with Gasteiger partial charge in [0.15, 0.2) is 22.5 Å². The highest BCUT2D eigenvalue weighted by atomic mass is 32.2. The van der Waals surface area contributed by atoms with Gasteiger partial charge in [0.2, 0.25) is 0 Å². The predicted octanol–water partition coefficient (Wildman–Crippen LogP) is 5.56. The van der Waals surface area contributed by atoms with Crippen LogP contribution in [0.5, 0.6) is 17.2 Å². The number of thioether (sulfide) groups is 1. The molecule has 3 aromatic carbocycles. The first-order valence-corrected chi connectivity index (χ1v) is 11.1. The number of rotatable bonds is 8. The highest BCUT2D eigenvalue weighted by Crippen LogP contribution is 2.35. The molecule has 0 saturated heterocycles. The minimum atomic E-state index is 0.642. The standard InChI is InChI=1S/C25H25N3O3S/c1-17-5-7-18(8-6-17)16-32-25-27-26-24(19-9-14-22(30-3)23(15-19)31-4)28(25)20-10-12-21(29-2)13-11-20/h5-15H,16H2,1-4H3. The van der Waals surface area contributed by atoms with Gasteiger partial charge in [-0.05, 0) is 55.0 Å². The van der Waals surface area contributed by atoms with Crippen molar-refractivity contribution in [1.82, 2.24) is 14.8 Å². The maximum Gasteiger partial charge on any atom is 0.196 e. The van der Waals surface area contributed by atoms with Crippen molar-refractivity contribution in [3.8, 4) is 34.3 Å². The number of aromatic nitrogens is 3. The molecule has 0 radical (unpaired) electrons. The van der Waals surface area contributed by atoms with Crippen molar-refractivity contribution in [1.29, 1.82) is 0 Å². The Kier molecular flexibility index (Phi) is 6.66. The van der Waals surface area contributed by atoms with Crippen molar-refractivity contribution in [2.75, 3.05) is 21.3 Å². The van der Waals surface area contributed by atoms with Crippen LogP contribution in [0.15, 0.2) is 71.9 Å². The Balaban J connectivity index is 1.75. The first-order valence-electron chi connectivity index (χ1n) is 10.1. The summed E-state index contributed by atoms with van der Waals surface area (Å²) in [7, 11) is 4.90. The van der Waals surface area contributed by atoms with Gasteiger partial charge in [-0.2, -0.15) is 0 Å². The molecule has 4 aromatic rings. The molecule has 32 heavy (non-hydrogen) atoms. The molecular formula is C25H25N3O3S. The molecule has 0 aliphatic heterocycles. The molecule has 1 heterocycles. The van der Waals surface area contributed by atoms with Gasteiger partial charge in [0.25, 0.3) is 0 Å². The summed E-state index contributed by atoms with van der Waals surface area (Å²) in [5, 5.41) is 9.85. The van der Waals surface area contributed by atoms with Gasteiger partial charge in [0.1, 0.15) is 5.75 Å². The Morgan fingerprint density at radius 1 is 0.781 bits per heavy atom. The molecule has 0 N–H and O–H groups in total. The molecular weight excluding hydrogens is 422 g/mol. The molecule has 4 rings (SSSR count). The van der Waals surface area contributed by atoms with E-state index >= 15 is 0 Å². The van der Waals surface area contributed by atoms with Crippen LogP contribution in [0.3, 0.4) is 0 Å². The Bertz CT molecular complexity index is 1190. The second-order valence-electron chi connectivity index (χ2n) is 7.18. The van der Waals surface area contributed by atoms with E-state index in [2.05, 4.69) is 46.0 Å². The number of hydrogen-bond donors (Lipinski definition) is 0. The molecule has 1 aromatic heterocycles. The number of aryl methyl sites for hydroxylation is 1. The lowest BCUT2D eigenvalue weighted by Crippen LogP contribution is -2.00. The van der Waals surface area contributed by atoms with Crippen LogP contribution in [0.2, 0.25) is 0 Å². The molecule has 0 spiro atoms. The van der Waals surface area contributed by atoms with Gasteiger partial charge in [-0.25, -0.2) is 0 Å². The van der Waals surface area contributed by atoms with E-state index in [0.717, 1.165) is 33.7 Å². The van der Waals surface area contributed by atoms with Gasteiger partial charge < -0.3 is 14.2 Å². The third-order valence-electron chi connectivity index (χ3n) is 5.09. The van der Waals surface area contributed by atoms with Gasteiger partial charge in [-0.3, -0.25) is 4.57 Å². The normalized spacial score (nSPS) is 10.8. The zero-order valence-electron chi connectivity index (χ0n) is 18.5. The van der Waals surface area contributed by atoms with Crippen molar-refractivity contribution >= 4 is 11.8 Å². The van der Waals surface area contributed by atoms with Gasteiger partial charge in [-0.1, -0.05) is 41.6 Å². The van der Waals surface area contributed by atoms with E-state index in [-0.39, 0.29) is 0 Å². The SMILES string of the molecule is COc1ccc(-n2c(SCc3ccc(C)cc3)nnc2-c2ccc(OC)c(OC)c2)cc1. The van der Waals surface area contributed by atoms with E-state index in [1.807, 2.05) is 42.5 Å². The van der Waals surface area contributed by atoms with Gasteiger partial charge >= 0.3 is 0 Å². The highest BCUT2D eigenvalue weighted by molar-refractivity contribution is 7.98. The van der Waals surface area contributed by atoms with E-state index in [1.54, 1.807) is 33.1 Å². The topological polar surface area (TPSA) is 58.4 Å². The van der Waals surface area contributed by atoms with Crippen LogP contribution in [0.4, 0.5) is 0 Å². The largest absolute Gasteiger partial charge is 0.497 e. The predicted molar refractivity (Wildman–Crippen MR) is 127 cm³/mol. The molecule has 0 unspecified atom stereocenters. The smallest absolute Gasteiger partial charge is 0.196 e. The van der Waals surface area contributed by atoms with E-state index < -0.39 is 0 Å². The third-order valence-corrected chi connectivity index (χ3v) is 6.09. The Hall–Kier alpha value is -3.45. The average molecular weight is 448 g/mol. The van der Waals surface area contributed by atoms with Crippen molar-refractivity contribution in [2.45, 2.75) is 17.8 Å². The molecule has 0 fully saturated rings. The minimum Gasteiger partial charge on any atom is -0.497 e. The molecule has 164 valence electrons. The van der Waals surface area contributed by atoms with Crippen LogP contribution in [0.1, 0.15) is 11.1 Å². The molecule has 0 aliphatic rings. The van der Waals surface area contributed by atoms with E-state index in [0.29, 0.717) is 11.5 Å². The quantitative estimate of drug-likeness (QED) is 0.330. The average Bonchev–Trinajstić information content (AvgIpc) is 3.27. The molecule has 0 bridgehead atoms. The van der Waals surface area contributed by atoms with Crippen LogP contribution < -0.4 is 14.2 Å². The zero-order chi connectivity index (χ0) is 22.5. The fourth-order valence-corrected chi connectivity index (χ4v) is 4.23. The summed E-state index contributed by atoms with van der Waals surface area (Å²) in [6, 6.07) is 22.2. The summed E-state index contributed by atoms with van der Waals surface area (Å²) in [6.45, 7) is 2.09. The molecule has 0 atom stereocenters. The molecule has 6 nitrogen and oxygen atoms in total. The summed E-state index contributed by atoms with van der Waals surface area (Å²) >= 11 is 1.65. The Labute approximate surface area is 192 Å². The van der Waals surface area contributed by atoms with Crippen LogP contribution in [-0.4, -0.2) is 36.1 Å². The number of benzene rings is 3. The number of ether oxygens (including phenoxy) is 3. The van der Waals surface area contributed by atoms with Gasteiger partial charge in [0.05, 0.1) is 21.3 Å². The lowest BCUT2D eigenvalue weighted by Gasteiger charge is -2.13. The maximum atomic E-state index is 5.49. The van der Waals surface area contributed by atoms with Gasteiger partial charge in [0, 0.05) is 17.0 Å². The van der Waals surface area contributed by atoms with E-state index in [9.17, 15) is 0 Å². The summed E-state index contributed by atoms with van der Waals surface area (Å²) < 4.78 is 18.3. The van der Waals surface area contributed by atoms with Crippen molar-refractivity contribution in [3.05, 3.63) is 77.9 Å². The second-order valence-corrected chi connectivity index (χ2v) is 8.13. The number of methoxy groups -OCH3 is 3. The van der Waals surface area contributed by atoms with Crippen LogP contribution in [-0.2, 0) is 5.75 Å². The fraction of sp³-hybridized carbons (Fsp3) is 0.200. The zero-order valence-corrected chi connectivity index (χ0v) is 19.3. The lowest BCUT2D eigenvalue weighted by molar-refractivity contribution is 0.355. The first-order chi connectivity index (χ1) is 15.6.